The summed E-state index contributed by atoms with van der Waals surface area (Å²) >= 11 is 0. The highest BCUT2D eigenvalue weighted by molar-refractivity contribution is 4.80. The van der Waals surface area contributed by atoms with Gasteiger partial charge in [-0.25, -0.2) is 0 Å². The van der Waals surface area contributed by atoms with Gasteiger partial charge in [0.05, 0.1) is 6.10 Å². The van der Waals surface area contributed by atoms with Gasteiger partial charge in [0.25, 0.3) is 0 Å². The standard InChI is InChI=1S/C13H26N2O/c1-2-9-15(11-13-4-3-10-16-13)12-5-7-14-8-6-12/h12-14H,2-11H2,1H3. The Kier molecular flexibility index (Phi) is 5.07. The largest absolute Gasteiger partial charge is 0.377 e. The smallest absolute Gasteiger partial charge is 0.0702 e. The molecule has 2 heterocycles. The van der Waals surface area contributed by atoms with Crippen LogP contribution in [0.25, 0.3) is 0 Å². The van der Waals surface area contributed by atoms with Crippen LogP contribution in [0.3, 0.4) is 0 Å². The predicted molar refractivity (Wildman–Crippen MR) is 66.7 cm³/mol. The van der Waals surface area contributed by atoms with Gasteiger partial charge in [0.1, 0.15) is 0 Å². The molecule has 0 aliphatic carbocycles. The first kappa shape index (κ1) is 12.3. The average molecular weight is 226 g/mol. The molecule has 0 aromatic rings. The van der Waals surface area contributed by atoms with E-state index < -0.39 is 0 Å². The summed E-state index contributed by atoms with van der Waals surface area (Å²) in [4.78, 5) is 2.68. The maximum atomic E-state index is 5.76. The summed E-state index contributed by atoms with van der Waals surface area (Å²) in [5, 5.41) is 3.45. The van der Waals surface area contributed by atoms with Gasteiger partial charge in [0, 0.05) is 19.2 Å². The summed E-state index contributed by atoms with van der Waals surface area (Å²) in [6.07, 6.45) is 6.93. The molecule has 94 valence electrons. The van der Waals surface area contributed by atoms with Crippen molar-refractivity contribution in [2.45, 2.75) is 51.2 Å². The van der Waals surface area contributed by atoms with E-state index in [1.54, 1.807) is 0 Å². The Morgan fingerprint density at radius 2 is 2.06 bits per heavy atom. The highest BCUT2D eigenvalue weighted by Gasteiger charge is 2.25. The summed E-state index contributed by atoms with van der Waals surface area (Å²) in [6, 6.07) is 0.797. The number of hydrogen-bond acceptors (Lipinski definition) is 3. The lowest BCUT2D eigenvalue weighted by atomic mass is 10.0. The molecule has 0 spiro atoms. The molecule has 2 saturated heterocycles. The Labute approximate surface area is 99.5 Å². The zero-order valence-corrected chi connectivity index (χ0v) is 10.6. The maximum absolute atomic E-state index is 5.76. The van der Waals surface area contributed by atoms with Crippen LogP contribution in [-0.2, 0) is 4.74 Å². The van der Waals surface area contributed by atoms with E-state index in [1.807, 2.05) is 0 Å². The summed E-state index contributed by atoms with van der Waals surface area (Å²) in [6.45, 7) is 8.05. The number of piperidine rings is 1. The highest BCUT2D eigenvalue weighted by atomic mass is 16.5. The van der Waals surface area contributed by atoms with E-state index in [4.69, 9.17) is 4.74 Å². The van der Waals surface area contributed by atoms with Crippen molar-refractivity contribution in [1.29, 1.82) is 0 Å². The molecule has 0 amide bonds. The predicted octanol–water partition coefficient (Wildman–Crippen LogP) is 1.63. The molecule has 2 aliphatic rings. The van der Waals surface area contributed by atoms with Gasteiger partial charge in [0.2, 0.25) is 0 Å². The molecule has 1 atom stereocenters. The third-order valence-electron chi connectivity index (χ3n) is 3.80. The lowest BCUT2D eigenvalue weighted by Crippen LogP contribution is -2.46. The van der Waals surface area contributed by atoms with Crippen molar-refractivity contribution in [3.63, 3.8) is 0 Å². The van der Waals surface area contributed by atoms with E-state index in [2.05, 4.69) is 17.1 Å². The zero-order valence-electron chi connectivity index (χ0n) is 10.6. The SMILES string of the molecule is CCCN(CC1CCCO1)C1CCNCC1. The van der Waals surface area contributed by atoms with Crippen LogP contribution in [0.5, 0.6) is 0 Å². The van der Waals surface area contributed by atoms with Crippen molar-refractivity contribution in [3.8, 4) is 0 Å². The maximum Gasteiger partial charge on any atom is 0.0702 e. The summed E-state index contributed by atoms with van der Waals surface area (Å²) in [5.41, 5.74) is 0. The van der Waals surface area contributed by atoms with E-state index in [9.17, 15) is 0 Å². The number of hydrogen-bond donors (Lipinski definition) is 1. The number of nitrogens with one attached hydrogen (secondary N) is 1. The van der Waals surface area contributed by atoms with Crippen LogP contribution in [0.1, 0.15) is 39.0 Å². The normalized spacial score (nSPS) is 27.8. The molecule has 2 fully saturated rings. The van der Waals surface area contributed by atoms with Gasteiger partial charge in [-0.1, -0.05) is 6.92 Å². The third kappa shape index (κ3) is 3.44. The monoisotopic (exact) mass is 226 g/mol. The van der Waals surface area contributed by atoms with Crippen LogP contribution in [0.2, 0.25) is 0 Å². The first-order chi connectivity index (χ1) is 7.90. The van der Waals surface area contributed by atoms with E-state index in [-0.39, 0.29) is 0 Å². The second-order valence-corrected chi connectivity index (χ2v) is 5.11. The lowest BCUT2D eigenvalue weighted by Gasteiger charge is -2.35. The van der Waals surface area contributed by atoms with Gasteiger partial charge in [-0.3, -0.25) is 4.90 Å². The summed E-state index contributed by atoms with van der Waals surface area (Å²) in [7, 11) is 0. The molecule has 0 aromatic carbocycles. The quantitative estimate of drug-likeness (QED) is 0.771. The van der Waals surface area contributed by atoms with Crippen LogP contribution in [0.4, 0.5) is 0 Å². The van der Waals surface area contributed by atoms with Crippen molar-refractivity contribution in [2.24, 2.45) is 0 Å². The first-order valence-electron chi connectivity index (χ1n) is 6.96. The Morgan fingerprint density at radius 3 is 2.69 bits per heavy atom. The minimum atomic E-state index is 0.515. The van der Waals surface area contributed by atoms with Gasteiger partial charge in [-0.2, -0.15) is 0 Å². The van der Waals surface area contributed by atoms with Gasteiger partial charge < -0.3 is 10.1 Å². The molecule has 3 heteroatoms. The van der Waals surface area contributed by atoms with E-state index in [0.717, 1.165) is 12.6 Å². The molecule has 3 nitrogen and oxygen atoms in total. The molecular weight excluding hydrogens is 200 g/mol. The topological polar surface area (TPSA) is 24.5 Å². The number of ether oxygens (including phenoxy) is 1. The molecule has 0 aromatic heterocycles. The number of rotatable bonds is 5. The lowest BCUT2D eigenvalue weighted by molar-refractivity contribution is 0.0500. The molecule has 0 bridgehead atoms. The zero-order chi connectivity index (χ0) is 11.2. The molecule has 0 radical (unpaired) electrons. The van der Waals surface area contributed by atoms with E-state index >= 15 is 0 Å². The van der Waals surface area contributed by atoms with Crippen LogP contribution >= 0.6 is 0 Å². The fraction of sp³-hybridized carbons (Fsp3) is 1.00. The fourth-order valence-electron chi connectivity index (χ4n) is 2.93. The Hall–Kier alpha value is -0.120. The minimum Gasteiger partial charge on any atom is -0.377 e. The molecule has 2 rings (SSSR count). The van der Waals surface area contributed by atoms with Crippen molar-refractivity contribution in [1.82, 2.24) is 10.2 Å². The second-order valence-electron chi connectivity index (χ2n) is 5.11. The number of nitrogens with zero attached hydrogens (tertiary/aromatic N) is 1. The van der Waals surface area contributed by atoms with Gasteiger partial charge in [-0.15, -0.1) is 0 Å². The van der Waals surface area contributed by atoms with Crippen LogP contribution in [0, 0.1) is 0 Å². The van der Waals surface area contributed by atoms with E-state index in [0.29, 0.717) is 6.10 Å². The highest BCUT2D eigenvalue weighted by Crippen LogP contribution is 2.18. The van der Waals surface area contributed by atoms with Crippen molar-refractivity contribution < 1.29 is 4.74 Å². The van der Waals surface area contributed by atoms with E-state index in [1.165, 1.54) is 58.3 Å². The molecule has 16 heavy (non-hydrogen) atoms. The average Bonchev–Trinajstić information content (AvgIpc) is 2.83. The van der Waals surface area contributed by atoms with Gasteiger partial charge in [-0.05, 0) is 51.7 Å². The summed E-state index contributed by atoms with van der Waals surface area (Å²) in [5.74, 6) is 0. The van der Waals surface area contributed by atoms with Crippen LogP contribution < -0.4 is 5.32 Å². The van der Waals surface area contributed by atoms with Crippen molar-refractivity contribution in [2.75, 3.05) is 32.8 Å². The minimum absolute atomic E-state index is 0.515. The molecule has 2 aliphatic heterocycles. The Morgan fingerprint density at radius 1 is 1.25 bits per heavy atom. The first-order valence-corrected chi connectivity index (χ1v) is 6.96. The Bertz CT molecular complexity index is 186. The van der Waals surface area contributed by atoms with Crippen molar-refractivity contribution >= 4 is 0 Å². The van der Waals surface area contributed by atoms with Gasteiger partial charge >= 0.3 is 0 Å². The van der Waals surface area contributed by atoms with Crippen LogP contribution in [0.15, 0.2) is 0 Å². The molecular formula is C13H26N2O. The third-order valence-corrected chi connectivity index (χ3v) is 3.80. The molecule has 1 N–H and O–H groups in total. The second kappa shape index (κ2) is 6.58. The fourth-order valence-corrected chi connectivity index (χ4v) is 2.93. The molecule has 1 unspecified atom stereocenters. The van der Waals surface area contributed by atoms with Gasteiger partial charge in [0.15, 0.2) is 0 Å². The molecule has 0 saturated carbocycles. The Balaban J connectivity index is 1.82. The van der Waals surface area contributed by atoms with Crippen LogP contribution in [-0.4, -0.2) is 49.8 Å². The van der Waals surface area contributed by atoms with Crippen molar-refractivity contribution in [3.05, 3.63) is 0 Å². The summed E-state index contributed by atoms with van der Waals surface area (Å²) < 4.78 is 5.76.